The lowest BCUT2D eigenvalue weighted by atomic mass is 9.98. The van der Waals surface area contributed by atoms with Crippen molar-refractivity contribution in [1.82, 2.24) is 0 Å². The largest absolute Gasteiger partial charge is 1.00 e. The molecule has 1 nitrogen and oxygen atoms in total. The summed E-state index contributed by atoms with van der Waals surface area (Å²) in [5.41, 5.74) is 2.03. The number of benzene rings is 2. The van der Waals surface area contributed by atoms with E-state index in [1.807, 2.05) is 14.1 Å². The Labute approximate surface area is 118 Å². The van der Waals surface area contributed by atoms with Crippen LogP contribution in [0.15, 0.2) is 48.5 Å². The van der Waals surface area contributed by atoms with Crippen LogP contribution < -0.4 is 17.3 Å². The fraction of sp³-hybridized carbons (Fsp3) is 0.200. The average Bonchev–Trinajstić information content (AvgIpc) is 2.34. The zero-order valence-electron chi connectivity index (χ0n) is 10.8. The summed E-state index contributed by atoms with van der Waals surface area (Å²) < 4.78 is 25.9. The van der Waals surface area contributed by atoms with Crippen molar-refractivity contribution in [2.24, 2.45) is 0 Å². The minimum absolute atomic E-state index is 0. The second-order valence-corrected chi connectivity index (χ2v) is 4.61. The van der Waals surface area contributed by atoms with Crippen LogP contribution >= 0.6 is 0 Å². The summed E-state index contributed by atoms with van der Waals surface area (Å²) in [5, 5.41) is 0. The van der Waals surface area contributed by atoms with Crippen molar-refractivity contribution < 1.29 is 26.1 Å². The van der Waals surface area contributed by atoms with E-state index in [2.05, 4.69) is 0 Å². The molecule has 102 valence electrons. The van der Waals surface area contributed by atoms with Gasteiger partial charge in [-0.05, 0) is 48.5 Å². The molecule has 0 aromatic heterocycles. The Kier molecular flexibility index (Phi) is 5.45. The second kappa shape index (κ2) is 6.64. The van der Waals surface area contributed by atoms with Crippen LogP contribution in [0, 0.1) is 11.6 Å². The Hall–Kier alpha value is -1.45. The summed E-state index contributed by atoms with van der Waals surface area (Å²) in [6, 6.07) is 13.0. The van der Waals surface area contributed by atoms with Crippen molar-refractivity contribution in [3.8, 4) is 0 Å². The lowest BCUT2D eigenvalue weighted by Crippen LogP contribution is -3.06. The Morgan fingerprint density at radius 3 is 1.32 bits per heavy atom. The maximum atomic E-state index is 13.0. The first-order chi connectivity index (χ1) is 8.58. The molecule has 0 saturated heterocycles. The first kappa shape index (κ1) is 15.6. The van der Waals surface area contributed by atoms with E-state index in [0.29, 0.717) is 0 Å². The predicted molar refractivity (Wildman–Crippen MR) is 67.5 cm³/mol. The molecular weight excluding hydrogens is 268 g/mol. The van der Waals surface area contributed by atoms with Crippen molar-refractivity contribution in [2.75, 3.05) is 14.1 Å². The fourth-order valence-corrected chi connectivity index (χ4v) is 2.17. The molecule has 0 spiro atoms. The standard InChI is InChI=1S/C15H15F2N.ClH/c1-18(2)15(11-3-7-13(16)8-4-11)12-5-9-14(17)10-6-12;/h3-10,15H,1-2H3;1H. The van der Waals surface area contributed by atoms with Crippen LogP contribution in [0.25, 0.3) is 0 Å². The Bertz CT molecular complexity index is 463. The molecule has 4 heteroatoms. The molecule has 0 unspecified atom stereocenters. The van der Waals surface area contributed by atoms with E-state index in [1.54, 1.807) is 24.3 Å². The van der Waals surface area contributed by atoms with Crippen LogP contribution in [0.4, 0.5) is 8.78 Å². The first-order valence-electron chi connectivity index (χ1n) is 5.89. The molecule has 0 atom stereocenters. The molecule has 2 aromatic rings. The molecule has 2 rings (SSSR count). The van der Waals surface area contributed by atoms with E-state index in [1.165, 1.54) is 29.2 Å². The predicted octanol–water partition coefficient (Wildman–Crippen LogP) is -0.797. The normalized spacial score (nSPS) is 10.6. The Morgan fingerprint density at radius 1 is 0.737 bits per heavy atom. The van der Waals surface area contributed by atoms with Crippen molar-refractivity contribution in [1.29, 1.82) is 0 Å². The lowest BCUT2D eigenvalue weighted by molar-refractivity contribution is -0.885. The molecule has 0 radical (unpaired) electrons. The second-order valence-electron chi connectivity index (χ2n) is 4.61. The summed E-state index contributed by atoms with van der Waals surface area (Å²) in [7, 11) is 4.05. The molecule has 2 aromatic carbocycles. The average molecular weight is 284 g/mol. The van der Waals surface area contributed by atoms with Gasteiger partial charge in [0.25, 0.3) is 0 Å². The molecule has 0 heterocycles. The van der Waals surface area contributed by atoms with Gasteiger partial charge in [-0.25, -0.2) is 8.78 Å². The van der Waals surface area contributed by atoms with E-state index in [4.69, 9.17) is 0 Å². The molecular formula is C15H16ClF2N. The van der Waals surface area contributed by atoms with Gasteiger partial charge in [-0.2, -0.15) is 0 Å². The summed E-state index contributed by atoms with van der Waals surface area (Å²) in [6.45, 7) is 0. The monoisotopic (exact) mass is 283 g/mol. The first-order valence-corrected chi connectivity index (χ1v) is 5.89. The quantitative estimate of drug-likeness (QED) is 0.753. The smallest absolute Gasteiger partial charge is 0.138 e. The fourth-order valence-electron chi connectivity index (χ4n) is 2.17. The third kappa shape index (κ3) is 3.75. The van der Waals surface area contributed by atoms with Crippen LogP contribution in [0.3, 0.4) is 0 Å². The highest BCUT2D eigenvalue weighted by Gasteiger charge is 2.20. The van der Waals surface area contributed by atoms with Crippen molar-refractivity contribution in [2.45, 2.75) is 6.04 Å². The van der Waals surface area contributed by atoms with Gasteiger partial charge >= 0.3 is 0 Å². The Balaban J connectivity index is 0.00000180. The number of hydrogen-bond acceptors (Lipinski definition) is 0. The minimum atomic E-state index is -0.245. The van der Waals surface area contributed by atoms with E-state index >= 15 is 0 Å². The SMILES string of the molecule is C[NH+](C)C(c1ccc(F)cc1)c1ccc(F)cc1.[Cl-]. The molecule has 19 heavy (non-hydrogen) atoms. The summed E-state index contributed by atoms with van der Waals surface area (Å²) in [5.74, 6) is -0.490. The van der Waals surface area contributed by atoms with Gasteiger partial charge in [0.2, 0.25) is 0 Å². The van der Waals surface area contributed by atoms with Gasteiger partial charge in [0.05, 0.1) is 14.1 Å². The topological polar surface area (TPSA) is 4.44 Å². The molecule has 0 aliphatic rings. The van der Waals surface area contributed by atoms with Gasteiger partial charge in [0.15, 0.2) is 0 Å². The van der Waals surface area contributed by atoms with Gasteiger partial charge in [-0.15, -0.1) is 0 Å². The molecule has 1 N–H and O–H groups in total. The third-order valence-corrected chi connectivity index (χ3v) is 2.98. The van der Waals surface area contributed by atoms with Crippen LogP contribution in [-0.2, 0) is 0 Å². The van der Waals surface area contributed by atoms with E-state index in [0.717, 1.165) is 11.1 Å². The molecule has 0 saturated carbocycles. The van der Waals surface area contributed by atoms with Gasteiger partial charge in [0, 0.05) is 11.1 Å². The van der Waals surface area contributed by atoms with Crippen LogP contribution in [0.5, 0.6) is 0 Å². The molecule has 0 fully saturated rings. The van der Waals surface area contributed by atoms with Crippen LogP contribution in [-0.4, -0.2) is 14.1 Å². The molecule has 0 bridgehead atoms. The molecule has 0 aliphatic carbocycles. The van der Waals surface area contributed by atoms with Crippen LogP contribution in [0.2, 0.25) is 0 Å². The van der Waals surface area contributed by atoms with Gasteiger partial charge in [0.1, 0.15) is 17.7 Å². The number of rotatable bonds is 3. The van der Waals surface area contributed by atoms with Crippen molar-refractivity contribution >= 4 is 0 Å². The summed E-state index contributed by atoms with van der Waals surface area (Å²) in [6.07, 6.45) is 0. The number of halogens is 3. The highest BCUT2D eigenvalue weighted by molar-refractivity contribution is 5.29. The minimum Gasteiger partial charge on any atom is -1.00 e. The van der Waals surface area contributed by atoms with E-state index < -0.39 is 0 Å². The molecule has 0 aliphatic heterocycles. The maximum absolute atomic E-state index is 13.0. The lowest BCUT2D eigenvalue weighted by Gasteiger charge is -2.22. The Morgan fingerprint density at radius 2 is 1.05 bits per heavy atom. The van der Waals surface area contributed by atoms with Crippen molar-refractivity contribution in [3.63, 3.8) is 0 Å². The van der Waals surface area contributed by atoms with Crippen LogP contribution in [0.1, 0.15) is 17.2 Å². The summed E-state index contributed by atoms with van der Waals surface area (Å²) in [4.78, 5) is 1.19. The maximum Gasteiger partial charge on any atom is 0.138 e. The van der Waals surface area contributed by atoms with Crippen molar-refractivity contribution in [3.05, 3.63) is 71.3 Å². The van der Waals surface area contributed by atoms with Gasteiger partial charge in [-0.1, -0.05) is 0 Å². The highest BCUT2D eigenvalue weighted by atomic mass is 35.5. The zero-order valence-corrected chi connectivity index (χ0v) is 11.6. The van der Waals surface area contributed by atoms with Gasteiger partial charge < -0.3 is 17.3 Å². The highest BCUT2D eigenvalue weighted by Crippen LogP contribution is 2.19. The number of quaternary nitrogens is 1. The number of hydrogen-bond donors (Lipinski definition) is 1. The molecule has 0 amide bonds. The van der Waals surface area contributed by atoms with E-state index in [9.17, 15) is 8.78 Å². The van der Waals surface area contributed by atoms with Gasteiger partial charge in [-0.3, -0.25) is 0 Å². The third-order valence-electron chi connectivity index (χ3n) is 2.98. The van der Waals surface area contributed by atoms with E-state index in [-0.39, 0.29) is 30.1 Å². The zero-order chi connectivity index (χ0) is 13.1. The number of nitrogens with one attached hydrogen (secondary N) is 1. The summed E-state index contributed by atoms with van der Waals surface area (Å²) >= 11 is 0.